The summed E-state index contributed by atoms with van der Waals surface area (Å²) in [6.07, 6.45) is 6.44. The molecule has 2 amide bonds. The van der Waals surface area contributed by atoms with Gasteiger partial charge in [-0.2, -0.15) is 5.06 Å². The fraction of sp³-hybridized carbons (Fsp3) is 0.633. The van der Waals surface area contributed by atoms with Crippen LogP contribution in [-0.2, 0) is 55.9 Å². The van der Waals surface area contributed by atoms with Crippen molar-refractivity contribution in [3.8, 4) is 5.75 Å². The standard InChI is InChI=1S/C49H69N3O12/c1-7-9-13-25-48(26-14-10-8-2)62-40-37-28-49(46(59)51-39(31(3)54)44(57)50-35(30-53)23-24-38(56)61-47(4,5)6)42(45(58)60-37)52(64-43(49)41(40)63-48)29-33-19-15-17-32(27-33)18-16-21-34-20-11-12-22-36(34)55/h11-12,15-20,22,27,31,35,37,39-43,53-55H,7-10,13-14,21,23-26,28-30H2,1-6H3,(H,50,57)(H,51,59). The summed E-state index contributed by atoms with van der Waals surface area (Å²) in [5, 5.41) is 38.4. The first-order valence-corrected chi connectivity index (χ1v) is 23.2. The van der Waals surface area contributed by atoms with Crippen molar-refractivity contribution in [1.82, 2.24) is 15.7 Å². The number of carbonyl (C=O) groups excluding carboxylic acids is 4. The number of ether oxygens (including phenoxy) is 4. The van der Waals surface area contributed by atoms with Crippen molar-refractivity contribution in [1.29, 1.82) is 0 Å². The van der Waals surface area contributed by atoms with Crippen molar-refractivity contribution in [2.75, 3.05) is 6.61 Å². The Balaban J connectivity index is 1.29. The molecule has 352 valence electrons. The lowest BCUT2D eigenvalue weighted by atomic mass is 9.62. The minimum atomic E-state index is -1.64. The minimum absolute atomic E-state index is 0.0132. The second-order valence-electron chi connectivity index (χ2n) is 18.9. The van der Waals surface area contributed by atoms with Gasteiger partial charge in [-0.3, -0.25) is 24.0 Å². The fourth-order valence-corrected chi connectivity index (χ4v) is 9.54. The number of phenolic OH excluding ortho intramolecular Hbond substituents is 1. The Labute approximate surface area is 377 Å². The number of hydrogen-bond acceptors (Lipinski definition) is 13. The van der Waals surface area contributed by atoms with E-state index in [-0.39, 0.29) is 31.6 Å². The van der Waals surface area contributed by atoms with E-state index in [4.69, 9.17) is 23.8 Å². The van der Waals surface area contributed by atoms with Crippen molar-refractivity contribution in [3.05, 3.63) is 71.3 Å². The number of aliphatic hydroxyl groups excluding tert-OH is 2. The molecule has 4 aliphatic rings. The number of hydrogen-bond donors (Lipinski definition) is 5. The van der Waals surface area contributed by atoms with Crippen molar-refractivity contribution >= 4 is 29.8 Å². The summed E-state index contributed by atoms with van der Waals surface area (Å²) in [6.45, 7) is 10.4. The van der Waals surface area contributed by atoms with E-state index >= 15 is 4.79 Å². The quantitative estimate of drug-likeness (QED) is 0.0728. The summed E-state index contributed by atoms with van der Waals surface area (Å²) in [5.74, 6) is -3.42. The molecule has 64 heavy (non-hydrogen) atoms. The van der Waals surface area contributed by atoms with Crippen LogP contribution in [0, 0.1) is 5.41 Å². The third-order valence-electron chi connectivity index (χ3n) is 12.7. The van der Waals surface area contributed by atoms with E-state index in [1.54, 1.807) is 32.9 Å². The van der Waals surface area contributed by atoms with E-state index in [9.17, 15) is 29.7 Å². The zero-order chi connectivity index (χ0) is 46.2. The van der Waals surface area contributed by atoms with Crippen LogP contribution in [0.5, 0.6) is 5.75 Å². The number of nitrogens with one attached hydrogen (secondary N) is 2. The summed E-state index contributed by atoms with van der Waals surface area (Å²) in [6, 6.07) is 11.2. The molecule has 3 aliphatic heterocycles. The molecule has 6 rings (SSSR count). The average Bonchev–Trinajstić information content (AvgIpc) is 3.80. The van der Waals surface area contributed by atoms with Crippen molar-refractivity contribution in [2.24, 2.45) is 5.41 Å². The highest BCUT2D eigenvalue weighted by Crippen LogP contribution is 2.58. The molecule has 5 N–H and O–H groups in total. The highest BCUT2D eigenvalue weighted by atomic mass is 16.8. The van der Waals surface area contributed by atoms with Gasteiger partial charge in [0, 0.05) is 25.7 Å². The number of aliphatic hydroxyl groups is 2. The first-order chi connectivity index (χ1) is 30.5. The molecule has 1 saturated carbocycles. The predicted octanol–water partition coefficient (Wildman–Crippen LogP) is 5.55. The van der Waals surface area contributed by atoms with Crippen LogP contribution in [-0.4, -0.2) is 111 Å². The van der Waals surface area contributed by atoms with Gasteiger partial charge >= 0.3 is 11.9 Å². The first kappa shape index (κ1) is 49.1. The number of amides is 2. The Hall–Kier alpha value is -4.38. The summed E-state index contributed by atoms with van der Waals surface area (Å²) < 4.78 is 25.4. The second-order valence-corrected chi connectivity index (χ2v) is 18.9. The molecule has 1 aliphatic carbocycles. The summed E-state index contributed by atoms with van der Waals surface area (Å²) >= 11 is 0. The first-order valence-electron chi connectivity index (χ1n) is 23.2. The SMILES string of the molecule is CCCCCC1(CCCCC)OC2C3CC4(C(=O)NC(C(=O)NC(CO)CCC(=O)OC(C)(C)C)C(C)O)C(ON(Cc5cccc(C=CCc6ccccc6O)c5)C4C(=O)O3)C2O1. The number of esters is 2. The van der Waals surface area contributed by atoms with Gasteiger partial charge < -0.3 is 44.9 Å². The number of phenols is 1. The van der Waals surface area contributed by atoms with E-state index < -0.39 is 95.8 Å². The predicted molar refractivity (Wildman–Crippen MR) is 237 cm³/mol. The molecular weight excluding hydrogens is 823 g/mol. The van der Waals surface area contributed by atoms with Crippen LogP contribution in [0.3, 0.4) is 0 Å². The number of para-hydroxylation sites is 1. The van der Waals surface area contributed by atoms with Gasteiger partial charge in [0.15, 0.2) is 11.8 Å². The highest BCUT2D eigenvalue weighted by molar-refractivity contribution is 5.96. The van der Waals surface area contributed by atoms with Crippen molar-refractivity contribution in [2.45, 2.75) is 185 Å². The van der Waals surface area contributed by atoms with E-state index in [1.807, 2.05) is 48.6 Å². The number of nitrogens with zero attached hydrogens (tertiary/aromatic N) is 1. The summed E-state index contributed by atoms with van der Waals surface area (Å²) in [4.78, 5) is 62.7. The van der Waals surface area contributed by atoms with E-state index in [1.165, 1.54) is 12.0 Å². The molecule has 2 aromatic carbocycles. The molecule has 2 bridgehead atoms. The van der Waals surface area contributed by atoms with Crippen LogP contribution in [0.4, 0.5) is 0 Å². The van der Waals surface area contributed by atoms with Crippen LogP contribution >= 0.6 is 0 Å². The molecule has 3 saturated heterocycles. The topological polar surface area (TPSA) is 202 Å². The maximum atomic E-state index is 15.2. The molecule has 0 radical (unpaired) electrons. The molecular formula is C49H69N3O12. The normalized spacial score (nSPS) is 26.2. The molecule has 15 nitrogen and oxygen atoms in total. The summed E-state index contributed by atoms with van der Waals surface area (Å²) in [7, 11) is 0. The highest BCUT2D eigenvalue weighted by Gasteiger charge is 2.76. The number of benzene rings is 2. The Morgan fingerprint density at radius 1 is 0.984 bits per heavy atom. The van der Waals surface area contributed by atoms with Gasteiger partial charge in [0.1, 0.15) is 47.2 Å². The third kappa shape index (κ3) is 11.3. The van der Waals surface area contributed by atoms with Gasteiger partial charge in [-0.25, -0.2) is 0 Å². The molecule has 0 spiro atoms. The van der Waals surface area contributed by atoms with Crippen LogP contribution < -0.4 is 10.6 Å². The molecule has 2 aromatic rings. The molecule has 9 atom stereocenters. The lowest BCUT2D eigenvalue weighted by Gasteiger charge is -2.49. The Bertz CT molecular complexity index is 1960. The average molecular weight is 892 g/mol. The molecule has 3 heterocycles. The molecule has 15 heteroatoms. The smallest absolute Gasteiger partial charge is 0.327 e. The van der Waals surface area contributed by atoms with Gasteiger partial charge in [0.2, 0.25) is 11.8 Å². The van der Waals surface area contributed by atoms with E-state index in [0.717, 1.165) is 55.2 Å². The Morgan fingerprint density at radius 2 is 1.69 bits per heavy atom. The lowest BCUT2D eigenvalue weighted by Crippen LogP contribution is -2.71. The second kappa shape index (κ2) is 21.3. The van der Waals surface area contributed by atoms with Gasteiger partial charge in [-0.1, -0.05) is 94.1 Å². The fourth-order valence-electron chi connectivity index (χ4n) is 9.54. The summed E-state index contributed by atoms with van der Waals surface area (Å²) in [5.41, 5.74) is 0.0980. The van der Waals surface area contributed by atoms with E-state index in [0.29, 0.717) is 19.3 Å². The van der Waals surface area contributed by atoms with E-state index in [2.05, 4.69) is 24.5 Å². The van der Waals surface area contributed by atoms with Crippen LogP contribution in [0.2, 0.25) is 0 Å². The van der Waals surface area contributed by atoms with Crippen molar-refractivity contribution in [3.63, 3.8) is 0 Å². The third-order valence-corrected chi connectivity index (χ3v) is 12.7. The maximum absolute atomic E-state index is 15.2. The Morgan fingerprint density at radius 3 is 2.34 bits per heavy atom. The van der Waals surface area contributed by atoms with Crippen LogP contribution in [0.15, 0.2) is 54.6 Å². The maximum Gasteiger partial charge on any atom is 0.327 e. The van der Waals surface area contributed by atoms with Gasteiger partial charge in [0.05, 0.1) is 25.3 Å². The largest absolute Gasteiger partial charge is 0.508 e. The van der Waals surface area contributed by atoms with Crippen molar-refractivity contribution < 1.29 is 58.3 Å². The number of hydroxylamine groups is 2. The molecule has 4 fully saturated rings. The van der Waals surface area contributed by atoms with Crippen LogP contribution in [0.1, 0.15) is 129 Å². The zero-order valence-corrected chi connectivity index (χ0v) is 38.3. The Kier molecular flexibility index (Phi) is 16.3. The van der Waals surface area contributed by atoms with Gasteiger partial charge in [-0.15, -0.1) is 0 Å². The van der Waals surface area contributed by atoms with Gasteiger partial charge in [-0.05, 0) is 76.1 Å². The lowest BCUT2D eigenvalue weighted by molar-refractivity contribution is -0.224. The minimum Gasteiger partial charge on any atom is -0.508 e. The number of fused-ring (bicyclic) bond motifs is 4. The number of aromatic hydroxyl groups is 1. The van der Waals surface area contributed by atoms with Crippen LogP contribution in [0.25, 0.3) is 6.08 Å². The number of rotatable bonds is 22. The van der Waals surface area contributed by atoms with Gasteiger partial charge in [0.25, 0.3) is 0 Å². The molecule has 9 unspecified atom stereocenters. The number of unbranched alkanes of at least 4 members (excludes halogenated alkanes) is 4. The number of carbonyl (C=O) groups is 4. The number of allylic oxidation sites excluding steroid dienone is 1. The zero-order valence-electron chi connectivity index (χ0n) is 38.3. The monoisotopic (exact) mass is 891 g/mol. The molecule has 0 aromatic heterocycles.